The zero-order valence-electron chi connectivity index (χ0n) is 10.7. The van der Waals surface area contributed by atoms with E-state index in [2.05, 4.69) is 32.4 Å². The van der Waals surface area contributed by atoms with Gasteiger partial charge in [0.2, 0.25) is 5.16 Å². The molecular formula is C11H15N7S. The van der Waals surface area contributed by atoms with Crippen LogP contribution in [0, 0.1) is 0 Å². The molecule has 2 aromatic rings. The molecule has 1 saturated carbocycles. The third kappa shape index (κ3) is 2.53. The Morgan fingerprint density at radius 3 is 3.00 bits per heavy atom. The fourth-order valence-electron chi connectivity index (χ4n) is 1.87. The lowest BCUT2D eigenvalue weighted by Gasteiger charge is -2.08. The van der Waals surface area contributed by atoms with E-state index >= 15 is 0 Å². The largest absolute Gasteiger partial charge is 0.383 e. The summed E-state index contributed by atoms with van der Waals surface area (Å²) >= 11 is 1.47. The third-order valence-corrected chi connectivity index (χ3v) is 3.98. The summed E-state index contributed by atoms with van der Waals surface area (Å²) in [5.41, 5.74) is 6.91. The third-order valence-electron chi connectivity index (χ3n) is 2.98. The number of hydrogen-bond acceptors (Lipinski definition) is 7. The highest BCUT2D eigenvalue weighted by atomic mass is 32.2. The first-order valence-electron chi connectivity index (χ1n) is 6.34. The van der Waals surface area contributed by atoms with Crippen molar-refractivity contribution in [2.24, 2.45) is 0 Å². The van der Waals surface area contributed by atoms with E-state index < -0.39 is 0 Å². The number of tetrazole rings is 1. The topological polar surface area (TPSA) is 95.4 Å². The Morgan fingerprint density at radius 2 is 2.26 bits per heavy atom. The Hall–Kier alpha value is -1.70. The van der Waals surface area contributed by atoms with Gasteiger partial charge < -0.3 is 5.73 Å². The quantitative estimate of drug-likeness (QED) is 0.827. The zero-order chi connectivity index (χ0) is 13.2. The van der Waals surface area contributed by atoms with E-state index in [9.17, 15) is 0 Å². The number of nitrogens with two attached hydrogens (primary N) is 1. The normalized spacial score (nSPS) is 14.8. The number of anilines is 1. The molecule has 0 spiro atoms. The second kappa shape index (κ2) is 5.12. The summed E-state index contributed by atoms with van der Waals surface area (Å²) in [6, 6.07) is 0.450. The van der Waals surface area contributed by atoms with E-state index in [-0.39, 0.29) is 0 Å². The summed E-state index contributed by atoms with van der Waals surface area (Å²) in [5, 5.41) is 13.5. The smallest absolute Gasteiger partial charge is 0.215 e. The van der Waals surface area contributed by atoms with Crippen molar-refractivity contribution in [1.29, 1.82) is 0 Å². The molecule has 1 aliphatic rings. The van der Waals surface area contributed by atoms with Crippen molar-refractivity contribution in [3.8, 4) is 0 Å². The van der Waals surface area contributed by atoms with Gasteiger partial charge in [-0.1, -0.05) is 13.3 Å². The van der Waals surface area contributed by atoms with E-state index in [0.29, 0.717) is 11.9 Å². The zero-order valence-corrected chi connectivity index (χ0v) is 11.5. The standard InChI is InChI=1S/C11H15N7S/c1-2-3-8-9(12)13-6-14-10(8)19-11-15-16-17-18(11)7-4-5-7/h6-7H,2-5H2,1H3,(H2,12,13,14). The molecule has 3 rings (SSSR count). The van der Waals surface area contributed by atoms with Crippen LogP contribution < -0.4 is 5.73 Å². The highest BCUT2D eigenvalue weighted by Gasteiger charge is 2.28. The molecule has 8 heteroatoms. The molecule has 0 aromatic carbocycles. The average molecular weight is 277 g/mol. The SMILES string of the molecule is CCCc1c(N)ncnc1Sc1nnnn1C1CC1. The van der Waals surface area contributed by atoms with Crippen LogP contribution in [-0.2, 0) is 6.42 Å². The summed E-state index contributed by atoms with van der Waals surface area (Å²) in [5.74, 6) is 0.546. The van der Waals surface area contributed by atoms with Crippen LogP contribution in [0.3, 0.4) is 0 Å². The van der Waals surface area contributed by atoms with E-state index in [1.807, 2.05) is 4.68 Å². The van der Waals surface area contributed by atoms with Crippen LogP contribution in [-0.4, -0.2) is 30.2 Å². The molecule has 100 valence electrons. The lowest BCUT2D eigenvalue weighted by molar-refractivity contribution is 0.565. The molecule has 2 aromatic heterocycles. The van der Waals surface area contributed by atoms with Gasteiger partial charge in [-0.05, 0) is 41.5 Å². The van der Waals surface area contributed by atoms with Crippen LogP contribution in [0.5, 0.6) is 0 Å². The second-order valence-corrected chi connectivity index (χ2v) is 5.49. The molecule has 1 aliphatic carbocycles. The Bertz CT molecular complexity index is 578. The number of nitrogens with zero attached hydrogens (tertiary/aromatic N) is 6. The van der Waals surface area contributed by atoms with Crippen LogP contribution in [0.1, 0.15) is 37.8 Å². The predicted octanol–water partition coefficient (Wildman–Crippen LogP) is 1.48. The molecule has 19 heavy (non-hydrogen) atoms. The van der Waals surface area contributed by atoms with Gasteiger partial charge in [-0.2, -0.15) is 0 Å². The molecule has 0 atom stereocenters. The summed E-state index contributed by atoms with van der Waals surface area (Å²) in [6.07, 6.45) is 5.64. The van der Waals surface area contributed by atoms with E-state index in [0.717, 1.165) is 41.4 Å². The van der Waals surface area contributed by atoms with Crippen molar-refractivity contribution in [3.05, 3.63) is 11.9 Å². The van der Waals surface area contributed by atoms with Crippen LogP contribution in [0.2, 0.25) is 0 Å². The van der Waals surface area contributed by atoms with E-state index in [1.54, 1.807) is 0 Å². The highest BCUT2D eigenvalue weighted by molar-refractivity contribution is 7.99. The monoisotopic (exact) mass is 277 g/mol. The van der Waals surface area contributed by atoms with Gasteiger partial charge in [0.1, 0.15) is 17.2 Å². The summed E-state index contributed by atoms with van der Waals surface area (Å²) < 4.78 is 1.87. The van der Waals surface area contributed by atoms with Gasteiger partial charge in [-0.3, -0.25) is 0 Å². The number of rotatable bonds is 5. The predicted molar refractivity (Wildman–Crippen MR) is 70.7 cm³/mol. The average Bonchev–Trinajstić information content (AvgIpc) is 3.14. The van der Waals surface area contributed by atoms with Crippen molar-refractivity contribution < 1.29 is 0 Å². The summed E-state index contributed by atoms with van der Waals surface area (Å²) in [7, 11) is 0. The molecule has 1 fully saturated rings. The first kappa shape index (κ1) is 12.3. The molecular weight excluding hydrogens is 262 g/mol. The van der Waals surface area contributed by atoms with E-state index in [4.69, 9.17) is 5.73 Å². The lowest BCUT2D eigenvalue weighted by Crippen LogP contribution is -2.03. The number of aromatic nitrogens is 6. The number of hydrogen-bond donors (Lipinski definition) is 1. The molecule has 0 amide bonds. The van der Waals surface area contributed by atoms with Gasteiger partial charge in [0.15, 0.2) is 0 Å². The fraction of sp³-hybridized carbons (Fsp3) is 0.545. The van der Waals surface area contributed by atoms with Crippen molar-refractivity contribution in [2.45, 2.75) is 48.8 Å². The van der Waals surface area contributed by atoms with Gasteiger partial charge >= 0.3 is 0 Å². The number of nitrogen functional groups attached to an aromatic ring is 1. The van der Waals surface area contributed by atoms with Crippen LogP contribution in [0.25, 0.3) is 0 Å². The Balaban J connectivity index is 1.90. The van der Waals surface area contributed by atoms with Gasteiger partial charge in [-0.25, -0.2) is 14.6 Å². The minimum atomic E-state index is 0.450. The maximum atomic E-state index is 5.92. The summed E-state index contributed by atoms with van der Waals surface area (Å²) in [6.45, 7) is 2.11. The molecule has 0 saturated heterocycles. The van der Waals surface area contributed by atoms with Gasteiger partial charge in [0.05, 0.1) is 6.04 Å². The molecule has 2 N–H and O–H groups in total. The maximum absolute atomic E-state index is 5.92. The lowest BCUT2D eigenvalue weighted by atomic mass is 10.2. The summed E-state index contributed by atoms with van der Waals surface area (Å²) in [4.78, 5) is 8.37. The molecule has 0 aliphatic heterocycles. The Kier molecular flexibility index (Phi) is 3.33. The Labute approximate surface area is 115 Å². The molecule has 7 nitrogen and oxygen atoms in total. The van der Waals surface area contributed by atoms with Crippen molar-refractivity contribution in [3.63, 3.8) is 0 Å². The molecule has 2 heterocycles. The second-order valence-electron chi connectivity index (χ2n) is 4.53. The van der Waals surface area contributed by atoms with Gasteiger partial charge in [-0.15, -0.1) is 5.10 Å². The van der Waals surface area contributed by atoms with Gasteiger partial charge in [0.25, 0.3) is 0 Å². The molecule has 0 bridgehead atoms. The minimum absolute atomic E-state index is 0.450. The Morgan fingerprint density at radius 1 is 1.42 bits per heavy atom. The van der Waals surface area contributed by atoms with Crippen molar-refractivity contribution >= 4 is 17.6 Å². The van der Waals surface area contributed by atoms with Gasteiger partial charge in [0, 0.05) is 5.56 Å². The fourth-order valence-corrected chi connectivity index (χ4v) is 2.83. The minimum Gasteiger partial charge on any atom is -0.383 e. The first-order chi connectivity index (χ1) is 9.29. The van der Waals surface area contributed by atoms with E-state index in [1.165, 1.54) is 18.1 Å². The van der Waals surface area contributed by atoms with Crippen LogP contribution >= 0.6 is 11.8 Å². The van der Waals surface area contributed by atoms with Crippen LogP contribution in [0.15, 0.2) is 16.5 Å². The van der Waals surface area contributed by atoms with Crippen molar-refractivity contribution in [1.82, 2.24) is 30.2 Å². The first-order valence-corrected chi connectivity index (χ1v) is 7.16. The molecule has 0 unspecified atom stereocenters. The maximum Gasteiger partial charge on any atom is 0.215 e. The molecule has 0 radical (unpaired) electrons. The highest BCUT2D eigenvalue weighted by Crippen LogP contribution is 2.38. The van der Waals surface area contributed by atoms with Crippen LogP contribution in [0.4, 0.5) is 5.82 Å². The van der Waals surface area contributed by atoms with Crippen molar-refractivity contribution in [2.75, 3.05) is 5.73 Å².